The standard InChI is InChI=1S/C22H21ClN8O2/c1-14(9-28-5-3-4-26-28)30-12-24-19-7-18-20(6-17(19)21(30)32)25-13-31(22(18)33)15(2)10-29-11-16(23)8-27-29/h3-8,11-15H,9-10H2,1-2H3/t14-,15-/m1/s1. The van der Waals surface area contributed by atoms with Crippen LogP contribution in [0.3, 0.4) is 0 Å². The molecule has 168 valence electrons. The first-order chi connectivity index (χ1) is 15.9. The zero-order valence-corrected chi connectivity index (χ0v) is 18.8. The SMILES string of the molecule is C[C@H](Cn1cccn1)n1cnc2cc3c(=O)n([C@H](C)Cn4cc(Cl)cn4)cnc3cc2c1=O. The minimum Gasteiger partial charge on any atom is -0.294 e. The summed E-state index contributed by atoms with van der Waals surface area (Å²) in [6.45, 7) is 4.84. The lowest BCUT2D eigenvalue weighted by Crippen LogP contribution is -2.28. The highest BCUT2D eigenvalue weighted by Gasteiger charge is 2.16. The first-order valence-electron chi connectivity index (χ1n) is 10.5. The second-order valence-electron chi connectivity index (χ2n) is 8.11. The van der Waals surface area contributed by atoms with E-state index in [1.165, 1.54) is 12.7 Å². The van der Waals surface area contributed by atoms with E-state index in [9.17, 15) is 9.59 Å². The fraction of sp³-hybridized carbons (Fsp3) is 0.273. The molecule has 0 aliphatic carbocycles. The van der Waals surface area contributed by atoms with Gasteiger partial charge in [0.25, 0.3) is 11.1 Å². The zero-order valence-electron chi connectivity index (χ0n) is 18.0. The summed E-state index contributed by atoms with van der Waals surface area (Å²) in [5, 5.41) is 9.72. The van der Waals surface area contributed by atoms with E-state index in [4.69, 9.17) is 11.6 Å². The molecule has 11 heteroatoms. The molecule has 1 aromatic carbocycles. The zero-order chi connectivity index (χ0) is 23.1. The smallest absolute Gasteiger partial charge is 0.261 e. The number of hydrogen-bond donors (Lipinski definition) is 0. The van der Waals surface area contributed by atoms with Gasteiger partial charge in [-0.2, -0.15) is 10.2 Å². The van der Waals surface area contributed by atoms with E-state index < -0.39 is 0 Å². The molecular formula is C22H21ClN8O2. The lowest BCUT2D eigenvalue weighted by atomic mass is 10.1. The molecule has 0 aliphatic heterocycles. The topological polar surface area (TPSA) is 105 Å². The first kappa shape index (κ1) is 21.1. The number of fused-ring (bicyclic) bond motifs is 2. The minimum absolute atomic E-state index is 0.150. The van der Waals surface area contributed by atoms with Crippen molar-refractivity contribution in [3.05, 3.63) is 81.4 Å². The Kier molecular flexibility index (Phi) is 5.29. The van der Waals surface area contributed by atoms with Crippen LogP contribution >= 0.6 is 11.6 Å². The van der Waals surface area contributed by atoms with Crippen LogP contribution in [-0.2, 0) is 13.1 Å². The molecule has 5 rings (SSSR count). The number of nitrogens with zero attached hydrogens (tertiary/aromatic N) is 8. The molecule has 0 aliphatic rings. The van der Waals surface area contributed by atoms with Gasteiger partial charge < -0.3 is 0 Å². The molecule has 0 spiro atoms. The van der Waals surface area contributed by atoms with Crippen LogP contribution in [0, 0.1) is 0 Å². The van der Waals surface area contributed by atoms with Gasteiger partial charge in [0.15, 0.2) is 0 Å². The summed E-state index contributed by atoms with van der Waals surface area (Å²) in [4.78, 5) is 35.3. The van der Waals surface area contributed by atoms with E-state index in [2.05, 4.69) is 20.2 Å². The van der Waals surface area contributed by atoms with Crippen LogP contribution in [0.5, 0.6) is 0 Å². The van der Waals surface area contributed by atoms with Crippen molar-refractivity contribution >= 4 is 33.4 Å². The molecule has 0 fully saturated rings. The highest BCUT2D eigenvalue weighted by molar-refractivity contribution is 6.30. The van der Waals surface area contributed by atoms with Gasteiger partial charge >= 0.3 is 0 Å². The van der Waals surface area contributed by atoms with E-state index >= 15 is 0 Å². The average molecular weight is 465 g/mol. The lowest BCUT2D eigenvalue weighted by Gasteiger charge is -2.16. The Bertz CT molecular complexity index is 1570. The Balaban J connectivity index is 1.52. The van der Waals surface area contributed by atoms with Crippen molar-refractivity contribution in [2.45, 2.75) is 39.0 Å². The predicted molar refractivity (Wildman–Crippen MR) is 124 cm³/mol. The molecule has 0 radical (unpaired) electrons. The summed E-state index contributed by atoms with van der Waals surface area (Å²) in [7, 11) is 0. The van der Waals surface area contributed by atoms with E-state index in [0.29, 0.717) is 39.9 Å². The molecule has 0 saturated carbocycles. The largest absolute Gasteiger partial charge is 0.294 e. The predicted octanol–water partition coefficient (Wildman–Crippen LogP) is 2.68. The van der Waals surface area contributed by atoms with Crippen molar-refractivity contribution in [2.75, 3.05) is 0 Å². The maximum Gasteiger partial charge on any atom is 0.261 e. The van der Waals surface area contributed by atoms with E-state index in [1.54, 1.807) is 49.2 Å². The summed E-state index contributed by atoms with van der Waals surface area (Å²) < 4.78 is 6.58. The van der Waals surface area contributed by atoms with Crippen LogP contribution in [0.2, 0.25) is 5.02 Å². The molecule has 0 N–H and O–H groups in total. The third kappa shape index (κ3) is 3.93. The molecule has 0 bridgehead atoms. The van der Waals surface area contributed by atoms with Gasteiger partial charge in [-0.05, 0) is 32.0 Å². The quantitative estimate of drug-likeness (QED) is 0.358. The molecule has 33 heavy (non-hydrogen) atoms. The molecule has 0 saturated heterocycles. The second-order valence-corrected chi connectivity index (χ2v) is 8.54. The van der Waals surface area contributed by atoms with Gasteiger partial charge in [0.1, 0.15) is 0 Å². The fourth-order valence-corrected chi connectivity index (χ4v) is 4.11. The van der Waals surface area contributed by atoms with Crippen LogP contribution in [0.1, 0.15) is 25.9 Å². The van der Waals surface area contributed by atoms with Gasteiger partial charge in [-0.1, -0.05) is 11.6 Å². The highest BCUT2D eigenvalue weighted by Crippen LogP contribution is 2.17. The van der Waals surface area contributed by atoms with Gasteiger partial charge in [-0.3, -0.25) is 28.1 Å². The van der Waals surface area contributed by atoms with Crippen LogP contribution in [0.15, 0.2) is 65.2 Å². The molecule has 0 unspecified atom stereocenters. The number of benzene rings is 1. The second kappa shape index (κ2) is 8.28. The maximum atomic E-state index is 13.2. The number of aromatic nitrogens is 8. The van der Waals surface area contributed by atoms with E-state index in [0.717, 1.165) is 0 Å². The molecule has 10 nitrogen and oxygen atoms in total. The van der Waals surface area contributed by atoms with Gasteiger partial charge in [-0.15, -0.1) is 0 Å². The van der Waals surface area contributed by atoms with Gasteiger partial charge in [0.2, 0.25) is 0 Å². The Morgan fingerprint density at radius 1 is 0.879 bits per heavy atom. The molecule has 5 aromatic rings. The van der Waals surface area contributed by atoms with Crippen molar-refractivity contribution in [3.8, 4) is 0 Å². The summed E-state index contributed by atoms with van der Waals surface area (Å²) >= 11 is 5.93. The van der Waals surface area contributed by atoms with Crippen molar-refractivity contribution < 1.29 is 0 Å². The Hall–Kier alpha value is -3.79. The van der Waals surface area contributed by atoms with Crippen LogP contribution < -0.4 is 11.1 Å². The summed E-state index contributed by atoms with van der Waals surface area (Å²) in [6.07, 6.45) is 9.82. The fourth-order valence-electron chi connectivity index (χ4n) is 3.96. The molecule has 2 atom stereocenters. The van der Waals surface area contributed by atoms with Crippen LogP contribution in [0.4, 0.5) is 0 Å². The molecule has 4 heterocycles. The monoisotopic (exact) mass is 464 g/mol. The van der Waals surface area contributed by atoms with Crippen molar-refractivity contribution in [2.24, 2.45) is 0 Å². The maximum absolute atomic E-state index is 13.2. The summed E-state index contributed by atoms with van der Waals surface area (Å²) in [6, 6.07) is 4.76. The van der Waals surface area contributed by atoms with Crippen LogP contribution in [0.25, 0.3) is 21.8 Å². The molecular weight excluding hydrogens is 444 g/mol. The van der Waals surface area contributed by atoms with Gasteiger partial charge in [0.05, 0.1) is 70.9 Å². The molecule has 0 amide bonds. The Morgan fingerprint density at radius 3 is 1.94 bits per heavy atom. The Labute approximate surface area is 192 Å². The number of hydrogen-bond acceptors (Lipinski definition) is 6. The van der Waals surface area contributed by atoms with Crippen molar-refractivity contribution in [1.29, 1.82) is 0 Å². The summed E-state index contributed by atoms with van der Waals surface area (Å²) in [5.74, 6) is 0. The van der Waals surface area contributed by atoms with Crippen LogP contribution in [-0.4, -0.2) is 38.7 Å². The lowest BCUT2D eigenvalue weighted by molar-refractivity contribution is 0.425. The number of rotatable bonds is 6. The molecule has 4 aromatic heterocycles. The van der Waals surface area contributed by atoms with Gasteiger partial charge in [-0.25, -0.2) is 9.97 Å². The van der Waals surface area contributed by atoms with Crippen molar-refractivity contribution in [1.82, 2.24) is 38.7 Å². The minimum atomic E-state index is -0.204. The Morgan fingerprint density at radius 2 is 1.45 bits per heavy atom. The normalized spacial score (nSPS) is 13.5. The van der Waals surface area contributed by atoms with Crippen molar-refractivity contribution in [3.63, 3.8) is 0 Å². The highest BCUT2D eigenvalue weighted by atomic mass is 35.5. The van der Waals surface area contributed by atoms with Gasteiger partial charge in [0, 0.05) is 18.6 Å². The number of halogens is 1. The van der Waals surface area contributed by atoms with E-state index in [1.807, 2.05) is 26.1 Å². The third-order valence-electron chi connectivity index (χ3n) is 5.70. The average Bonchev–Trinajstić information content (AvgIpc) is 3.45. The van der Waals surface area contributed by atoms with E-state index in [-0.39, 0.29) is 23.2 Å². The third-order valence-corrected chi connectivity index (χ3v) is 5.89. The summed E-state index contributed by atoms with van der Waals surface area (Å²) in [5.41, 5.74) is 0.523. The first-order valence-corrected chi connectivity index (χ1v) is 10.9.